The maximum Gasteiger partial charge on any atom is 0.253 e. The third-order valence-electron chi connectivity index (χ3n) is 2.67. The van der Waals surface area contributed by atoms with Crippen LogP contribution in [0.4, 0.5) is 0 Å². The summed E-state index contributed by atoms with van der Waals surface area (Å²) < 4.78 is 0. The smallest absolute Gasteiger partial charge is 0.253 e. The Bertz CT molecular complexity index is 539. The number of thiazole rings is 1. The van der Waals surface area contributed by atoms with Crippen molar-refractivity contribution in [3.63, 3.8) is 0 Å². The van der Waals surface area contributed by atoms with E-state index < -0.39 is 6.10 Å². The number of aryl methyl sites for hydroxylation is 1. The third kappa shape index (κ3) is 3.87. The van der Waals surface area contributed by atoms with Gasteiger partial charge in [0.25, 0.3) is 5.91 Å². The van der Waals surface area contributed by atoms with Crippen LogP contribution in [0.15, 0.2) is 36.5 Å². The van der Waals surface area contributed by atoms with E-state index in [2.05, 4.69) is 10.3 Å². The van der Waals surface area contributed by atoms with Crippen molar-refractivity contribution in [2.45, 2.75) is 19.4 Å². The Labute approximate surface area is 116 Å². The third-order valence-corrected chi connectivity index (χ3v) is 3.64. The fraction of sp³-hybridized carbons (Fsp3) is 0.286. The lowest BCUT2D eigenvalue weighted by atomic mass is 10.1. The van der Waals surface area contributed by atoms with Crippen molar-refractivity contribution in [2.75, 3.05) is 6.54 Å². The summed E-state index contributed by atoms with van der Waals surface area (Å²) >= 11 is 1.62. The molecule has 5 heteroatoms. The predicted molar refractivity (Wildman–Crippen MR) is 75.0 cm³/mol. The normalized spacial score (nSPS) is 12.1. The van der Waals surface area contributed by atoms with Crippen LogP contribution in [0, 0.1) is 6.92 Å². The minimum Gasteiger partial charge on any atom is -0.378 e. The number of rotatable bonds is 5. The number of amides is 1. The van der Waals surface area contributed by atoms with Crippen LogP contribution < -0.4 is 5.32 Å². The zero-order chi connectivity index (χ0) is 13.7. The topological polar surface area (TPSA) is 62.2 Å². The summed E-state index contributed by atoms with van der Waals surface area (Å²) in [7, 11) is 0. The fourth-order valence-corrected chi connectivity index (χ4v) is 2.48. The Balaban J connectivity index is 1.81. The van der Waals surface area contributed by atoms with Gasteiger partial charge in [0, 0.05) is 24.0 Å². The second-order valence-corrected chi connectivity index (χ2v) is 5.54. The van der Waals surface area contributed by atoms with E-state index in [1.807, 2.05) is 19.2 Å². The van der Waals surface area contributed by atoms with E-state index in [-0.39, 0.29) is 5.91 Å². The summed E-state index contributed by atoms with van der Waals surface area (Å²) in [4.78, 5) is 17.1. The molecular weight excluding hydrogens is 260 g/mol. The standard InChI is InChI=1S/C14H16N2O2S/c1-10-9-16-12(19-10)7-8-15-14(18)13(17)11-5-3-2-4-6-11/h2-6,9,13,17H,7-8H2,1H3,(H,15,18). The van der Waals surface area contributed by atoms with Gasteiger partial charge in [-0.2, -0.15) is 0 Å². The number of hydrogen-bond acceptors (Lipinski definition) is 4. The number of nitrogens with zero attached hydrogens (tertiary/aromatic N) is 1. The van der Waals surface area contributed by atoms with Gasteiger partial charge in [0.15, 0.2) is 6.10 Å². The highest BCUT2D eigenvalue weighted by molar-refractivity contribution is 7.11. The van der Waals surface area contributed by atoms with Crippen molar-refractivity contribution < 1.29 is 9.90 Å². The molecule has 0 saturated heterocycles. The molecule has 100 valence electrons. The Morgan fingerprint density at radius 3 is 2.79 bits per heavy atom. The summed E-state index contributed by atoms with van der Waals surface area (Å²) in [6, 6.07) is 8.90. The molecule has 0 aliphatic heterocycles. The average molecular weight is 276 g/mol. The second kappa shape index (κ2) is 6.45. The van der Waals surface area contributed by atoms with Crippen molar-refractivity contribution in [1.29, 1.82) is 0 Å². The number of carbonyl (C=O) groups is 1. The highest BCUT2D eigenvalue weighted by atomic mass is 32.1. The van der Waals surface area contributed by atoms with Crippen LogP contribution in [0.1, 0.15) is 21.6 Å². The van der Waals surface area contributed by atoms with Crippen molar-refractivity contribution >= 4 is 17.2 Å². The summed E-state index contributed by atoms with van der Waals surface area (Å²) in [6.45, 7) is 2.48. The van der Waals surface area contributed by atoms with Gasteiger partial charge in [0.05, 0.1) is 5.01 Å². The summed E-state index contributed by atoms with van der Waals surface area (Å²) in [5.41, 5.74) is 0.602. The van der Waals surface area contributed by atoms with Crippen LogP contribution in [0.3, 0.4) is 0 Å². The number of carbonyl (C=O) groups excluding carboxylic acids is 1. The monoisotopic (exact) mass is 276 g/mol. The highest BCUT2D eigenvalue weighted by Gasteiger charge is 2.16. The number of aliphatic hydroxyl groups is 1. The van der Waals surface area contributed by atoms with Crippen LogP contribution in [0.25, 0.3) is 0 Å². The van der Waals surface area contributed by atoms with E-state index in [1.54, 1.807) is 35.6 Å². The molecule has 1 atom stereocenters. The molecule has 0 aliphatic carbocycles. The highest BCUT2D eigenvalue weighted by Crippen LogP contribution is 2.13. The summed E-state index contributed by atoms with van der Waals surface area (Å²) in [6.07, 6.45) is 1.39. The minimum atomic E-state index is -1.11. The van der Waals surface area contributed by atoms with Gasteiger partial charge < -0.3 is 10.4 Å². The van der Waals surface area contributed by atoms with Crippen molar-refractivity contribution in [1.82, 2.24) is 10.3 Å². The maximum absolute atomic E-state index is 11.8. The molecule has 0 saturated carbocycles. The first-order chi connectivity index (χ1) is 9.16. The van der Waals surface area contributed by atoms with Crippen molar-refractivity contribution in [3.05, 3.63) is 52.0 Å². The first kappa shape index (κ1) is 13.7. The molecule has 0 radical (unpaired) electrons. The molecule has 1 aromatic heterocycles. The maximum atomic E-state index is 11.8. The van der Waals surface area contributed by atoms with E-state index in [4.69, 9.17) is 0 Å². The molecule has 0 fully saturated rings. The zero-order valence-electron chi connectivity index (χ0n) is 10.7. The van der Waals surface area contributed by atoms with Gasteiger partial charge in [-0.05, 0) is 12.5 Å². The molecular formula is C14H16N2O2S. The van der Waals surface area contributed by atoms with Crippen LogP contribution in [-0.4, -0.2) is 22.5 Å². The molecule has 0 aliphatic rings. The van der Waals surface area contributed by atoms with Crippen molar-refractivity contribution in [2.24, 2.45) is 0 Å². The Morgan fingerprint density at radius 1 is 1.42 bits per heavy atom. The van der Waals surface area contributed by atoms with Gasteiger partial charge in [-0.1, -0.05) is 30.3 Å². The number of benzene rings is 1. The molecule has 0 spiro atoms. The number of nitrogens with one attached hydrogen (secondary N) is 1. The molecule has 1 unspecified atom stereocenters. The lowest BCUT2D eigenvalue weighted by molar-refractivity contribution is -0.129. The second-order valence-electron chi connectivity index (χ2n) is 4.22. The Hall–Kier alpha value is -1.72. The van der Waals surface area contributed by atoms with Crippen LogP contribution in [0.2, 0.25) is 0 Å². The van der Waals surface area contributed by atoms with E-state index in [0.29, 0.717) is 18.5 Å². The van der Waals surface area contributed by atoms with Crippen molar-refractivity contribution in [3.8, 4) is 0 Å². The van der Waals surface area contributed by atoms with E-state index in [9.17, 15) is 9.90 Å². The lowest BCUT2D eigenvalue weighted by Crippen LogP contribution is -2.30. The van der Waals surface area contributed by atoms with Gasteiger partial charge in [-0.15, -0.1) is 11.3 Å². The molecule has 0 bridgehead atoms. The molecule has 1 amide bonds. The molecule has 2 rings (SSSR count). The summed E-state index contributed by atoms with van der Waals surface area (Å²) in [5, 5.41) is 13.6. The van der Waals surface area contributed by atoms with Crippen LogP contribution >= 0.6 is 11.3 Å². The number of aromatic nitrogens is 1. The fourth-order valence-electron chi connectivity index (χ4n) is 1.69. The van der Waals surface area contributed by atoms with Gasteiger partial charge in [-0.3, -0.25) is 4.79 Å². The Morgan fingerprint density at radius 2 is 2.16 bits per heavy atom. The van der Waals surface area contributed by atoms with Gasteiger partial charge in [0.2, 0.25) is 0 Å². The van der Waals surface area contributed by atoms with E-state index >= 15 is 0 Å². The zero-order valence-corrected chi connectivity index (χ0v) is 11.5. The lowest BCUT2D eigenvalue weighted by Gasteiger charge is -2.10. The molecule has 4 nitrogen and oxygen atoms in total. The van der Waals surface area contributed by atoms with E-state index in [0.717, 1.165) is 9.88 Å². The van der Waals surface area contributed by atoms with Crippen LogP contribution in [-0.2, 0) is 11.2 Å². The van der Waals surface area contributed by atoms with Crippen LogP contribution in [0.5, 0.6) is 0 Å². The van der Waals surface area contributed by atoms with E-state index in [1.165, 1.54) is 0 Å². The summed E-state index contributed by atoms with van der Waals surface area (Å²) in [5.74, 6) is -0.375. The predicted octanol–water partition coefficient (Wildman–Crippen LogP) is 1.84. The number of aliphatic hydroxyl groups excluding tert-OH is 1. The van der Waals surface area contributed by atoms with Gasteiger partial charge in [-0.25, -0.2) is 4.98 Å². The molecule has 2 N–H and O–H groups in total. The Kier molecular flexibility index (Phi) is 4.65. The first-order valence-corrected chi connectivity index (χ1v) is 6.90. The first-order valence-electron chi connectivity index (χ1n) is 6.09. The quantitative estimate of drug-likeness (QED) is 0.876. The van der Waals surface area contributed by atoms with Gasteiger partial charge >= 0.3 is 0 Å². The molecule has 2 aromatic rings. The molecule has 1 heterocycles. The number of hydrogen-bond donors (Lipinski definition) is 2. The SMILES string of the molecule is Cc1cnc(CCNC(=O)C(O)c2ccccc2)s1. The van der Waals surface area contributed by atoms with Gasteiger partial charge in [0.1, 0.15) is 0 Å². The molecule has 1 aromatic carbocycles. The average Bonchev–Trinajstić information content (AvgIpc) is 2.84. The minimum absolute atomic E-state index is 0.375. The largest absolute Gasteiger partial charge is 0.378 e. The molecule has 19 heavy (non-hydrogen) atoms.